The van der Waals surface area contributed by atoms with Crippen LogP contribution in [0.3, 0.4) is 0 Å². The summed E-state index contributed by atoms with van der Waals surface area (Å²) < 4.78 is 1.78. The van der Waals surface area contributed by atoms with E-state index in [1.54, 1.807) is 4.68 Å². The maximum Gasteiger partial charge on any atom is 0.235 e. The van der Waals surface area contributed by atoms with E-state index in [0.29, 0.717) is 5.16 Å². The predicted molar refractivity (Wildman–Crippen MR) is 83.2 cm³/mol. The zero-order valence-electron chi connectivity index (χ0n) is 13.4. The molecule has 1 aliphatic heterocycles. The fourth-order valence-corrected chi connectivity index (χ4v) is 3.49. The summed E-state index contributed by atoms with van der Waals surface area (Å²) in [5.74, 6) is 0.199. The summed E-state index contributed by atoms with van der Waals surface area (Å²) in [6.07, 6.45) is 4.69. The SMILES string of the molecule is CC(Sc1nnnn1C(C)(C)C)C(=O)N1CCCCCC1. The first-order valence-corrected chi connectivity index (χ1v) is 8.52. The maximum absolute atomic E-state index is 12.6. The molecule has 7 heteroatoms. The van der Waals surface area contributed by atoms with Gasteiger partial charge in [-0.05, 0) is 51.0 Å². The van der Waals surface area contributed by atoms with Gasteiger partial charge in [-0.25, -0.2) is 4.68 Å². The molecule has 0 bridgehead atoms. The van der Waals surface area contributed by atoms with Crippen molar-refractivity contribution in [3.8, 4) is 0 Å². The number of carbonyl (C=O) groups excluding carboxylic acids is 1. The second-order valence-corrected chi connectivity index (χ2v) is 7.85. The molecule has 1 aliphatic rings. The number of hydrogen-bond donors (Lipinski definition) is 0. The summed E-state index contributed by atoms with van der Waals surface area (Å²) in [5, 5.41) is 12.4. The molecule has 1 amide bonds. The van der Waals surface area contributed by atoms with E-state index in [1.807, 2.05) is 11.8 Å². The lowest BCUT2D eigenvalue weighted by atomic mass is 10.1. The Hall–Kier alpha value is -1.11. The molecule has 0 saturated carbocycles. The Morgan fingerprint density at radius 3 is 2.38 bits per heavy atom. The molecule has 21 heavy (non-hydrogen) atoms. The molecule has 0 spiro atoms. The van der Waals surface area contributed by atoms with Gasteiger partial charge in [0.05, 0.1) is 10.8 Å². The quantitative estimate of drug-likeness (QED) is 0.802. The van der Waals surface area contributed by atoms with Crippen molar-refractivity contribution in [1.29, 1.82) is 0 Å². The lowest BCUT2D eigenvalue weighted by Gasteiger charge is -2.24. The first-order valence-electron chi connectivity index (χ1n) is 7.64. The Morgan fingerprint density at radius 2 is 1.81 bits per heavy atom. The van der Waals surface area contributed by atoms with Crippen molar-refractivity contribution in [2.24, 2.45) is 0 Å². The molecule has 1 unspecified atom stereocenters. The highest BCUT2D eigenvalue weighted by Gasteiger charge is 2.26. The Labute approximate surface area is 130 Å². The van der Waals surface area contributed by atoms with Crippen molar-refractivity contribution < 1.29 is 4.79 Å². The number of thioether (sulfide) groups is 1. The minimum Gasteiger partial charge on any atom is -0.342 e. The second kappa shape index (κ2) is 6.77. The lowest BCUT2D eigenvalue weighted by molar-refractivity contribution is -0.130. The third kappa shape index (κ3) is 4.18. The van der Waals surface area contributed by atoms with Gasteiger partial charge in [0, 0.05) is 13.1 Å². The van der Waals surface area contributed by atoms with Crippen LogP contribution in [0.15, 0.2) is 5.16 Å². The number of rotatable bonds is 3. The number of hydrogen-bond acceptors (Lipinski definition) is 5. The Morgan fingerprint density at radius 1 is 1.19 bits per heavy atom. The van der Waals surface area contributed by atoms with E-state index in [9.17, 15) is 4.79 Å². The fourth-order valence-electron chi connectivity index (χ4n) is 2.43. The van der Waals surface area contributed by atoms with Gasteiger partial charge in [-0.1, -0.05) is 24.6 Å². The molecule has 0 aromatic carbocycles. The van der Waals surface area contributed by atoms with Crippen molar-refractivity contribution in [3.05, 3.63) is 0 Å². The normalized spacial score (nSPS) is 18.4. The van der Waals surface area contributed by atoms with Crippen molar-refractivity contribution in [1.82, 2.24) is 25.1 Å². The molecule has 1 aromatic rings. The summed E-state index contributed by atoms with van der Waals surface area (Å²) in [6, 6.07) is 0. The maximum atomic E-state index is 12.6. The van der Waals surface area contributed by atoms with E-state index in [2.05, 4.69) is 36.3 Å². The summed E-state index contributed by atoms with van der Waals surface area (Å²) in [6.45, 7) is 9.86. The number of nitrogens with zero attached hydrogens (tertiary/aromatic N) is 5. The number of likely N-dealkylation sites (tertiary alicyclic amines) is 1. The van der Waals surface area contributed by atoms with Crippen LogP contribution in [0.1, 0.15) is 53.4 Å². The summed E-state index contributed by atoms with van der Waals surface area (Å²) >= 11 is 1.45. The van der Waals surface area contributed by atoms with E-state index >= 15 is 0 Å². The van der Waals surface area contributed by atoms with Crippen LogP contribution < -0.4 is 0 Å². The Kier molecular flexibility index (Phi) is 5.24. The first kappa shape index (κ1) is 16.3. The molecular weight excluding hydrogens is 286 g/mol. The molecule has 6 nitrogen and oxygen atoms in total. The fraction of sp³-hybridized carbons (Fsp3) is 0.857. The van der Waals surface area contributed by atoms with Gasteiger partial charge >= 0.3 is 0 Å². The smallest absolute Gasteiger partial charge is 0.235 e. The standard InChI is InChI=1S/C14H25N5OS/c1-11(12(20)18-9-7-5-6-8-10-18)21-13-15-16-17-19(13)14(2,3)4/h11H,5-10H2,1-4H3. The molecule has 1 atom stereocenters. The highest BCUT2D eigenvalue weighted by Crippen LogP contribution is 2.26. The molecule has 0 radical (unpaired) electrons. The topological polar surface area (TPSA) is 63.9 Å². The van der Waals surface area contributed by atoms with E-state index in [0.717, 1.165) is 25.9 Å². The van der Waals surface area contributed by atoms with E-state index in [4.69, 9.17) is 0 Å². The number of aromatic nitrogens is 4. The molecule has 2 rings (SSSR count). The van der Waals surface area contributed by atoms with Crippen molar-refractivity contribution in [2.75, 3.05) is 13.1 Å². The molecule has 0 N–H and O–H groups in total. The van der Waals surface area contributed by atoms with Crippen LogP contribution in [-0.2, 0) is 10.3 Å². The van der Waals surface area contributed by atoms with E-state index in [1.165, 1.54) is 24.6 Å². The minimum absolute atomic E-state index is 0.157. The van der Waals surface area contributed by atoms with Gasteiger partial charge in [-0.2, -0.15) is 0 Å². The summed E-state index contributed by atoms with van der Waals surface area (Å²) in [5.41, 5.74) is -0.183. The number of tetrazole rings is 1. The highest BCUT2D eigenvalue weighted by atomic mass is 32.2. The van der Waals surface area contributed by atoms with Crippen LogP contribution in [0, 0.1) is 0 Å². The zero-order valence-corrected chi connectivity index (χ0v) is 14.2. The largest absolute Gasteiger partial charge is 0.342 e. The van der Waals surface area contributed by atoms with Gasteiger partial charge in [-0.15, -0.1) is 5.10 Å². The van der Waals surface area contributed by atoms with Crippen LogP contribution >= 0.6 is 11.8 Å². The number of carbonyl (C=O) groups is 1. The van der Waals surface area contributed by atoms with Crippen LogP contribution in [0.5, 0.6) is 0 Å². The molecule has 1 saturated heterocycles. The second-order valence-electron chi connectivity index (χ2n) is 6.54. The lowest BCUT2D eigenvalue weighted by Crippen LogP contribution is -2.37. The molecule has 1 fully saturated rings. The van der Waals surface area contributed by atoms with Gasteiger partial charge in [0.15, 0.2) is 0 Å². The average molecular weight is 311 g/mol. The first-order chi connectivity index (χ1) is 9.89. The van der Waals surface area contributed by atoms with Crippen LogP contribution in [-0.4, -0.2) is 49.4 Å². The Bertz CT molecular complexity index is 474. The van der Waals surface area contributed by atoms with Gasteiger partial charge < -0.3 is 4.90 Å². The van der Waals surface area contributed by atoms with Gasteiger partial charge in [0.25, 0.3) is 0 Å². The minimum atomic E-state index is -0.183. The van der Waals surface area contributed by atoms with Crippen LogP contribution in [0.4, 0.5) is 0 Å². The Balaban J connectivity index is 2.02. The van der Waals surface area contributed by atoms with Crippen LogP contribution in [0.25, 0.3) is 0 Å². The third-order valence-electron chi connectivity index (χ3n) is 3.62. The molecular formula is C14H25N5OS. The highest BCUT2D eigenvalue weighted by molar-refractivity contribution is 8.00. The van der Waals surface area contributed by atoms with Gasteiger partial charge in [0.2, 0.25) is 11.1 Å². The molecule has 1 aromatic heterocycles. The zero-order chi connectivity index (χ0) is 15.5. The van der Waals surface area contributed by atoms with Crippen molar-refractivity contribution in [3.63, 3.8) is 0 Å². The average Bonchev–Trinajstić information content (AvgIpc) is 2.72. The third-order valence-corrected chi connectivity index (χ3v) is 4.64. The van der Waals surface area contributed by atoms with Crippen molar-refractivity contribution >= 4 is 17.7 Å². The summed E-state index contributed by atoms with van der Waals surface area (Å²) in [7, 11) is 0. The van der Waals surface area contributed by atoms with E-state index < -0.39 is 0 Å². The van der Waals surface area contributed by atoms with Gasteiger partial charge in [-0.3, -0.25) is 4.79 Å². The summed E-state index contributed by atoms with van der Waals surface area (Å²) in [4.78, 5) is 14.6. The molecule has 2 heterocycles. The predicted octanol–water partition coefficient (Wildman–Crippen LogP) is 2.31. The number of amides is 1. The van der Waals surface area contributed by atoms with Crippen LogP contribution in [0.2, 0.25) is 0 Å². The van der Waals surface area contributed by atoms with E-state index in [-0.39, 0.29) is 16.7 Å². The van der Waals surface area contributed by atoms with Crippen molar-refractivity contribution in [2.45, 2.75) is 69.3 Å². The van der Waals surface area contributed by atoms with Gasteiger partial charge in [0.1, 0.15) is 0 Å². The monoisotopic (exact) mass is 311 g/mol. The molecule has 0 aliphatic carbocycles. The molecule has 118 valence electrons.